The fraction of sp³-hybridized carbons (Fsp3) is 0.786. The van der Waals surface area contributed by atoms with Gasteiger partial charge in [0.15, 0.2) is 0 Å². The first-order chi connectivity index (χ1) is 8.29. The highest BCUT2D eigenvalue weighted by atomic mass is 32.1. The minimum Gasteiger partial charge on any atom is -0.316 e. The zero-order valence-corrected chi connectivity index (χ0v) is 11.6. The van der Waals surface area contributed by atoms with Crippen molar-refractivity contribution in [2.45, 2.75) is 45.1 Å². The van der Waals surface area contributed by atoms with E-state index in [1.165, 1.54) is 36.4 Å². The predicted molar refractivity (Wildman–Crippen MR) is 72.3 cm³/mol. The van der Waals surface area contributed by atoms with E-state index in [9.17, 15) is 0 Å². The molecular formula is C14H22N2S. The van der Waals surface area contributed by atoms with Crippen LogP contribution in [0.1, 0.15) is 36.4 Å². The predicted octanol–water partition coefficient (Wildman–Crippen LogP) is 3.02. The van der Waals surface area contributed by atoms with Gasteiger partial charge in [-0.05, 0) is 44.6 Å². The van der Waals surface area contributed by atoms with E-state index in [1.54, 1.807) is 11.3 Å². The van der Waals surface area contributed by atoms with Gasteiger partial charge in [-0.3, -0.25) is 0 Å². The van der Waals surface area contributed by atoms with Crippen molar-refractivity contribution in [1.29, 1.82) is 0 Å². The molecule has 0 aromatic carbocycles. The number of rotatable bonds is 4. The van der Waals surface area contributed by atoms with Crippen LogP contribution >= 0.6 is 11.3 Å². The summed E-state index contributed by atoms with van der Waals surface area (Å²) in [5, 5.41) is 6.97. The van der Waals surface area contributed by atoms with Gasteiger partial charge in [0, 0.05) is 17.8 Å². The molecule has 3 atom stereocenters. The van der Waals surface area contributed by atoms with Crippen LogP contribution in [0.2, 0.25) is 0 Å². The lowest BCUT2D eigenvalue weighted by atomic mass is 10.0. The fourth-order valence-electron chi connectivity index (χ4n) is 3.80. The van der Waals surface area contributed by atoms with Gasteiger partial charge in [0.1, 0.15) is 0 Å². The molecule has 94 valence electrons. The molecule has 0 amide bonds. The van der Waals surface area contributed by atoms with Gasteiger partial charge in [0.25, 0.3) is 0 Å². The summed E-state index contributed by atoms with van der Waals surface area (Å²) in [6.45, 7) is 2.10. The smallest absolute Gasteiger partial charge is 0.0897 e. The number of nitrogens with one attached hydrogen (secondary N) is 1. The SMILES string of the molecule is CNC(Cc1csc(C)n1)C1C2CCCCC21. The topological polar surface area (TPSA) is 24.9 Å². The molecule has 0 saturated heterocycles. The van der Waals surface area contributed by atoms with Crippen molar-refractivity contribution >= 4 is 11.3 Å². The molecule has 1 heterocycles. The van der Waals surface area contributed by atoms with E-state index >= 15 is 0 Å². The largest absolute Gasteiger partial charge is 0.316 e. The zero-order chi connectivity index (χ0) is 11.8. The van der Waals surface area contributed by atoms with Gasteiger partial charge in [-0.2, -0.15) is 0 Å². The number of hydrogen-bond acceptors (Lipinski definition) is 3. The average Bonchev–Trinajstić information content (AvgIpc) is 2.93. The Balaban J connectivity index is 1.64. The van der Waals surface area contributed by atoms with E-state index in [0.717, 1.165) is 24.2 Å². The molecule has 17 heavy (non-hydrogen) atoms. The Kier molecular flexibility index (Phi) is 3.22. The number of likely N-dealkylation sites (N-methyl/N-ethyl adjacent to an activating group) is 1. The Morgan fingerprint density at radius 1 is 1.41 bits per heavy atom. The molecule has 0 radical (unpaired) electrons. The summed E-state index contributed by atoms with van der Waals surface area (Å²) in [5.41, 5.74) is 1.29. The summed E-state index contributed by atoms with van der Waals surface area (Å²) < 4.78 is 0. The second-order valence-electron chi connectivity index (χ2n) is 5.65. The Labute approximate surface area is 108 Å². The van der Waals surface area contributed by atoms with Crippen LogP contribution in [-0.4, -0.2) is 18.1 Å². The summed E-state index contributed by atoms with van der Waals surface area (Å²) in [5.74, 6) is 2.99. The van der Waals surface area contributed by atoms with Crippen molar-refractivity contribution in [3.8, 4) is 0 Å². The van der Waals surface area contributed by atoms with Crippen LogP contribution in [0, 0.1) is 24.7 Å². The Morgan fingerprint density at radius 3 is 2.65 bits per heavy atom. The van der Waals surface area contributed by atoms with Crippen LogP contribution in [0.5, 0.6) is 0 Å². The first-order valence-corrected chi connectivity index (χ1v) is 7.76. The van der Waals surface area contributed by atoms with Crippen molar-refractivity contribution in [3.05, 3.63) is 16.1 Å². The maximum atomic E-state index is 4.60. The number of nitrogens with zero attached hydrogens (tertiary/aromatic N) is 1. The standard InChI is InChI=1S/C14H22N2S/c1-9-16-10(8-17-9)7-13(15-2)14-11-5-3-4-6-12(11)14/h8,11-15H,3-7H2,1-2H3. The molecular weight excluding hydrogens is 228 g/mol. The normalized spacial score (nSPS) is 33.2. The lowest BCUT2D eigenvalue weighted by molar-refractivity contribution is 0.457. The van der Waals surface area contributed by atoms with Gasteiger partial charge in [-0.1, -0.05) is 12.8 Å². The van der Waals surface area contributed by atoms with Gasteiger partial charge in [-0.25, -0.2) is 4.98 Å². The second kappa shape index (κ2) is 4.69. The van der Waals surface area contributed by atoms with E-state index in [0.29, 0.717) is 6.04 Å². The first kappa shape index (κ1) is 11.7. The summed E-state index contributed by atoms with van der Waals surface area (Å²) in [6.07, 6.45) is 7.00. The summed E-state index contributed by atoms with van der Waals surface area (Å²) in [7, 11) is 2.12. The lowest BCUT2D eigenvalue weighted by Gasteiger charge is -2.15. The monoisotopic (exact) mass is 250 g/mol. The molecule has 2 fully saturated rings. The minimum atomic E-state index is 0.657. The lowest BCUT2D eigenvalue weighted by Crippen LogP contribution is -2.31. The Bertz CT molecular complexity index is 375. The number of aryl methyl sites for hydroxylation is 1. The molecule has 0 spiro atoms. The fourth-order valence-corrected chi connectivity index (χ4v) is 4.43. The van der Waals surface area contributed by atoms with Crippen LogP contribution < -0.4 is 5.32 Å². The maximum absolute atomic E-state index is 4.60. The van der Waals surface area contributed by atoms with Crippen molar-refractivity contribution in [2.24, 2.45) is 17.8 Å². The third kappa shape index (κ3) is 2.27. The molecule has 1 aromatic rings. The van der Waals surface area contributed by atoms with Crippen molar-refractivity contribution in [1.82, 2.24) is 10.3 Å². The summed E-state index contributed by atoms with van der Waals surface area (Å²) in [6, 6.07) is 0.657. The van der Waals surface area contributed by atoms with Gasteiger partial charge in [0.2, 0.25) is 0 Å². The van der Waals surface area contributed by atoms with Gasteiger partial charge < -0.3 is 5.32 Å². The molecule has 1 aromatic heterocycles. The van der Waals surface area contributed by atoms with Gasteiger partial charge in [0.05, 0.1) is 10.7 Å². The van der Waals surface area contributed by atoms with Crippen LogP contribution in [0.15, 0.2) is 5.38 Å². The molecule has 2 aliphatic carbocycles. The van der Waals surface area contributed by atoms with Crippen molar-refractivity contribution in [2.75, 3.05) is 7.05 Å². The summed E-state index contributed by atoms with van der Waals surface area (Å²) in [4.78, 5) is 4.60. The average molecular weight is 250 g/mol. The van der Waals surface area contributed by atoms with E-state index in [-0.39, 0.29) is 0 Å². The number of fused-ring (bicyclic) bond motifs is 1. The quantitative estimate of drug-likeness (QED) is 0.888. The van der Waals surface area contributed by atoms with E-state index in [1.807, 2.05) is 0 Å². The molecule has 1 N–H and O–H groups in total. The van der Waals surface area contributed by atoms with Crippen LogP contribution in [-0.2, 0) is 6.42 Å². The molecule has 0 bridgehead atoms. The van der Waals surface area contributed by atoms with Crippen LogP contribution in [0.3, 0.4) is 0 Å². The summed E-state index contributed by atoms with van der Waals surface area (Å²) >= 11 is 1.78. The Morgan fingerprint density at radius 2 is 2.12 bits per heavy atom. The molecule has 0 aliphatic heterocycles. The molecule has 3 heteroatoms. The second-order valence-corrected chi connectivity index (χ2v) is 6.71. The molecule has 2 nitrogen and oxygen atoms in total. The highest BCUT2D eigenvalue weighted by Crippen LogP contribution is 2.57. The zero-order valence-electron chi connectivity index (χ0n) is 10.8. The highest BCUT2D eigenvalue weighted by molar-refractivity contribution is 7.09. The minimum absolute atomic E-state index is 0.657. The van der Waals surface area contributed by atoms with E-state index < -0.39 is 0 Å². The Hall–Kier alpha value is -0.410. The number of hydrogen-bond donors (Lipinski definition) is 1. The molecule has 2 saturated carbocycles. The number of aromatic nitrogens is 1. The number of thiazole rings is 1. The first-order valence-electron chi connectivity index (χ1n) is 6.88. The molecule has 3 unspecified atom stereocenters. The molecule has 2 aliphatic rings. The van der Waals surface area contributed by atoms with Gasteiger partial charge in [-0.15, -0.1) is 11.3 Å². The highest BCUT2D eigenvalue weighted by Gasteiger charge is 2.53. The third-order valence-electron chi connectivity index (χ3n) is 4.65. The van der Waals surface area contributed by atoms with Gasteiger partial charge >= 0.3 is 0 Å². The van der Waals surface area contributed by atoms with E-state index in [4.69, 9.17) is 0 Å². The van der Waals surface area contributed by atoms with Crippen molar-refractivity contribution in [3.63, 3.8) is 0 Å². The van der Waals surface area contributed by atoms with Crippen molar-refractivity contribution < 1.29 is 0 Å². The van der Waals surface area contributed by atoms with E-state index in [2.05, 4.69) is 29.7 Å². The maximum Gasteiger partial charge on any atom is 0.0897 e. The third-order valence-corrected chi connectivity index (χ3v) is 5.48. The molecule has 3 rings (SSSR count). The van der Waals surface area contributed by atoms with Crippen LogP contribution in [0.25, 0.3) is 0 Å². The van der Waals surface area contributed by atoms with Crippen LogP contribution in [0.4, 0.5) is 0 Å².